The number of nitrogen functional groups attached to an aromatic ring is 1. The molecule has 3 N–H and O–H groups in total. The summed E-state index contributed by atoms with van der Waals surface area (Å²) in [7, 11) is 2.13. The smallest absolute Gasteiger partial charge is 0.269 e. The number of aromatic nitrogens is 2. The zero-order chi connectivity index (χ0) is 20.0. The number of carbonyl (C=O) groups excluding carboxylic acids is 1. The number of pyridine rings is 1. The maximum atomic E-state index is 12.8. The van der Waals surface area contributed by atoms with Crippen molar-refractivity contribution >= 4 is 55.4 Å². The number of fused-ring (bicyclic) bond motifs is 3. The third kappa shape index (κ3) is 3.35. The van der Waals surface area contributed by atoms with Gasteiger partial charge in [-0.15, -0.1) is 22.7 Å². The molecule has 0 bridgehead atoms. The lowest BCUT2D eigenvalue weighted by molar-refractivity contribution is 0.103. The van der Waals surface area contributed by atoms with Crippen LogP contribution >= 0.6 is 22.7 Å². The molecule has 3 aromatic rings. The first kappa shape index (κ1) is 18.7. The second kappa shape index (κ2) is 7.52. The van der Waals surface area contributed by atoms with Gasteiger partial charge in [0.15, 0.2) is 5.13 Å². The SMILES string of the molecule is CN1CCc2c(c(N3CCOCC3)nc3sc(C(=O)Nc4nccs4)c(N)c23)C1. The van der Waals surface area contributed by atoms with Crippen molar-refractivity contribution in [3.63, 3.8) is 0 Å². The number of nitrogens with two attached hydrogens (primary N) is 1. The Morgan fingerprint density at radius 1 is 1.28 bits per heavy atom. The molecule has 10 heteroatoms. The number of nitrogens with one attached hydrogen (secondary N) is 1. The summed E-state index contributed by atoms with van der Waals surface area (Å²) < 4.78 is 5.52. The molecule has 0 atom stereocenters. The standard InChI is InChI=1S/C19H22N6O2S2/c1-24-4-2-11-12(10-24)16(25-5-7-27-8-6-25)22-18-13(11)14(20)15(29-18)17(26)23-19-21-3-9-28-19/h3,9H,2,4-8,10,20H2,1H3,(H,21,23,26). The molecule has 1 fully saturated rings. The molecular formula is C19H22N6O2S2. The summed E-state index contributed by atoms with van der Waals surface area (Å²) in [6.07, 6.45) is 2.56. The van der Waals surface area contributed by atoms with Crippen LogP contribution in [0.4, 0.5) is 16.6 Å². The van der Waals surface area contributed by atoms with E-state index in [2.05, 4.69) is 27.1 Å². The number of anilines is 3. The van der Waals surface area contributed by atoms with Crippen LogP contribution in [0.3, 0.4) is 0 Å². The van der Waals surface area contributed by atoms with E-state index in [1.807, 2.05) is 5.38 Å². The van der Waals surface area contributed by atoms with E-state index in [1.165, 1.54) is 33.8 Å². The number of thiazole rings is 1. The van der Waals surface area contributed by atoms with Crippen molar-refractivity contribution < 1.29 is 9.53 Å². The topological polar surface area (TPSA) is 96.6 Å². The Labute approximate surface area is 176 Å². The zero-order valence-electron chi connectivity index (χ0n) is 16.1. The van der Waals surface area contributed by atoms with Crippen molar-refractivity contribution in [2.45, 2.75) is 13.0 Å². The Hall–Kier alpha value is -2.27. The summed E-state index contributed by atoms with van der Waals surface area (Å²) in [5, 5.41) is 6.18. The lowest BCUT2D eigenvalue weighted by Crippen LogP contribution is -2.39. The molecule has 5 heterocycles. The van der Waals surface area contributed by atoms with Gasteiger partial charge in [-0.1, -0.05) is 0 Å². The lowest BCUT2D eigenvalue weighted by Gasteiger charge is -2.33. The van der Waals surface area contributed by atoms with E-state index >= 15 is 0 Å². The van der Waals surface area contributed by atoms with Gasteiger partial charge in [0, 0.05) is 48.7 Å². The Kier molecular flexibility index (Phi) is 4.86. The van der Waals surface area contributed by atoms with E-state index in [9.17, 15) is 4.79 Å². The van der Waals surface area contributed by atoms with Gasteiger partial charge in [0.25, 0.3) is 5.91 Å². The molecule has 1 saturated heterocycles. The van der Waals surface area contributed by atoms with Crippen LogP contribution < -0.4 is 16.0 Å². The lowest BCUT2D eigenvalue weighted by atomic mass is 9.96. The van der Waals surface area contributed by atoms with E-state index in [4.69, 9.17) is 15.5 Å². The van der Waals surface area contributed by atoms with Crippen LogP contribution in [0.15, 0.2) is 11.6 Å². The number of ether oxygens (including phenoxy) is 1. The number of rotatable bonds is 3. The second-order valence-corrected chi connectivity index (χ2v) is 9.19. The van der Waals surface area contributed by atoms with Crippen LogP contribution in [0.2, 0.25) is 0 Å². The molecule has 0 unspecified atom stereocenters. The molecule has 3 aromatic heterocycles. The summed E-state index contributed by atoms with van der Waals surface area (Å²) in [5.41, 5.74) is 9.49. The molecule has 29 heavy (non-hydrogen) atoms. The quantitative estimate of drug-likeness (QED) is 0.659. The highest BCUT2D eigenvalue weighted by Gasteiger charge is 2.29. The van der Waals surface area contributed by atoms with Crippen molar-refractivity contribution in [3.8, 4) is 0 Å². The van der Waals surface area contributed by atoms with Crippen LogP contribution in [-0.4, -0.2) is 60.7 Å². The van der Waals surface area contributed by atoms with E-state index in [0.29, 0.717) is 28.9 Å². The minimum atomic E-state index is -0.227. The molecular weight excluding hydrogens is 408 g/mol. The summed E-state index contributed by atoms with van der Waals surface area (Å²) in [6.45, 7) is 4.86. The van der Waals surface area contributed by atoms with Crippen molar-refractivity contribution in [1.29, 1.82) is 0 Å². The number of thiophene rings is 1. The van der Waals surface area contributed by atoms with Gasteiger partial charge in [0.1, 0.15) is 15.5 Å². The minimum absolute atomic E-state index is 0.227. The Morgan fingerprint density at radius 3 is 2.86 bits per heavy atom. The largest absolute Gasteiger partial charge is 0.397 e. The molecule has 0 radical (unpaired) electrons. The molecule has 1 amide bonds. The number of morpholine rings is 1. The van der Waals surface area contributed by atoms with E-state index in [-0.39, 0.29) is 5.91 Å². The van der Waals surface area contributed by atoms with E-state index < -0.39 is 0 Å². The van der Waals surface area contributed by atoms with Crippen LogP contribution in [0, 0.1) is 0 Å². The number of amides is 1. The monoisotopic (exact) mass is 430 g/mol. The van der Waals surface area contributed by atoms with Crippen molar-refractivity contribution in [2.75, 3.05) is 55.8 Å². The maximum absolute atomic E-state index is 12.8. The van der Waals surface area contributed by atoms with Crippen LogP contribution in [-0.2, 0) is 17.7 Å². The average molecular weight is 431 g/mol. The van der Waals surface area contributed by atoms with Crippen LogP contribution in [0.25, 0.3) is 10.2 Å². The summed E-state index contributed by atoms with van der Waals surface area (Å²) in [5.74, 6) is 0.783. The summed E-state index contributed by atoms with van der Waals surface area (Å²) in [4.78, 5) is 27.9. The molecule has 0 aliphatic carbocycles. The number of hydrogen-bond acceptors (Lipinski definition) is 9. The van der Waals surface area contributed by atoms with Gasteiger partial charge in [0.05, 0.1) is 18.9 Å². The maximum Gasteiger partial charge on any atom is 0.269 e. The zero-order valence-corrected chi connectivity index (χ0v) is 17.7. The highest BCUT2D eigenvalue weighted by Crippen LogP contribution is 2.41. The molecule has 8 nitrogen and oxygen atoms in total. The molecule has 152 valence electrons. The van der Waals surface area contributed by atoms with Crippen LogP contribution in [0.5, 0.6) is 0 Å². The molecule has 5 rings (SSSR count). The fourth-order valence-corrected chi connectivity index (χ4v) is 5.53. The van der Waals surface area contributed by atoms with Gasteiger partial charge in [-0.25, -0.2) is 9.97 Å². The highest BCUT2D eigenvalue weighted by atomic mass is 32.1. The Balaban J connectivity index is 1.62. The van der Waals surface area contributed by atoms with Crippen molar-refractivity contribution in [3.05, 3.63) is 27.6 Å². The van der Waals surface area contributed by atoms with Gasteiger partial charge in [-0.05, 0) is 19.0 Å². The van der Waals surface area contributed by atoms with Gasteiger partial charge < -0.3 is 20.3 Å². The number of likely N-dealkylation sites (N-methyl/N-ethyl adjacent to an activating group) is 1. The van der Waals surface area contributed by atoms with Crippen molar-refractivity contribution in [2.24, 2.45) is 0 Å². The third-order valence-electron chi connectivity index (χ3n) is 5.41. The predicted octanol–water partition coefficient (Wildman–Crippen LogP) is 2.41. The third-order valence-corrected chi connectivity index (χ3v) is 7.20. The fourth-order valence-electron chi connectivity index (χ4n) is 3.99. The van der Waals surface area contributed by atoms with Gasteiger partial charge >= 0.3 is 0 Å². The number of carbonyl (C=O) groups is 1. The predicted molar refractivity (Wildman–Crippen MR) is 117 cm³/mol. The van der Waals surface area contributed by atoms with Crippen LogP contribution in [0.1, 0.15) is 20.8 Å². The number of hydrogen-bond donors (Lipinski definition) is 2. The van der Waals surface area contributed by atoms with Gasteiger partial charge in [-0.3, -0.25) is 10.1 Å². The van der Waals surface area contributed by atoms with E-state index in [1.54, 1.807) is 6.20 Å². The molecule has 0 aromatic carbocycles. The van der Waals surface area contributed by atoms with Crippen molar-refractivity contribution in [1.82, 2.24) is 14.9 Å². The first-order valence-electron chi connectivity index (χ1n) is 9.57. The molecule has 2 aliphatic heterocycles. The summed E-state index contributed by atoms with van der Waals surface area (Å²) in [6, 6.07) is 0. The molecule has 0 spiro atoms. The Bertz CT molecular complexity index is 1060. The van der Waals surface area contributed by atoms with E-state index in [0.717, 1.165) is 48.6 Å². The normalized spacial score (nSPS) is 17.5. The Morgan fingerprint density at radius 2 is 2.10 bits per heavy atom. The minimum Gasteiger partial charge on any atom is -0.397 e. The second-order valence-electron chi connectivity index (χ2n) is 7.30. The molecule has 0 saturated carbocycles. The number of nitrogens with zero attached hydrogens (tertiary/aromatic N) is 4. The first-order valence-corrected chi connectivity index (χ1v) is 11.3. The first-order chi connectivity index (χ1) is 14.1. The van der Waals surface area contributed by atoms with Gasteiger partial charge in [-0.2, -0.15) is 0 Å². The van der Waals surface area contributed by atoms with Gasteiger partial charge in [0.2, 0.25) is 0 Å². The molecule has 2 aliphatic rings. The fraction of sp³-hybridized carbons (Fsp3) is 0.421. The summed E-state index contributed by atoms with van der Waals surface area (Å²) >= 11 is 2.75. The average Bonchev–Trinajstić information content (AvgIpc) is 3.35. The highest BCUT2D eigenvalue weighted by molar-refractivity contribution is 7.21.